The third kappa shape index (κ3) is 4.49. The smallest absolute Gasteiger partial charge is 0.289 e. The lowest BCUT2D eigenvalue weighted by Gasteiger charge is -2.34. The topological polar surface area (TPSA) is 80.1 Å². The van der Waals surface area contributed by atoms with Crippen LogP contribution in [-0.4, -0.2) is 60.2 Å². The lowest BCUT2D eigenvalue weighted by molar-refractivity contribution is -0.134. The van der Waals surface area contributed by atoms with Crippen LogP contribution in [0.1, 0.15) is 27.8 Å². The fraction of sp³-hybridized carbons (Fsp3) is 0.316. The predicted molar refractivity (Wildman–Crippen MR) is 98.1 cm³/mol. The van der Waals surface area contributed by atoms with Crippen LogP contribution < -0.4 is 4.74 Å². The lowest BCUT2D eigenvalue weighted by Crippen LogP contribution is -2.51. The summed E-state index contributed by atoms with van der Waals surface area (Å²) in [5, 5.41) is 0.427. The van der Waals surface area contributed by atoms with Crippen LogP contribution in [0.3, 0.4) is 0 Å². The minimum atomic E-state index is -0.204. The van der Waals surface area contributed by atoms with E-state index in [0.29, 0.717) is 42.5 Å². The molecule has 2 amide bonds. The number of ether oxygens (including phenoxy) is 1. The molecule has 1 aromatic heterocycles. The molecule has 0 N–H and O–H groups in total. The van der Waals surface area contributed by atoms with E-state index < -0.39 is 0 Å². The first-order valence-electron chi connectivity index (χ1n) is 8.49. The molecule has 7 nitrogen and oxygen atoms in total. The van der Waals surface area contributed by atoms with E-state index in [1.807, 2.05) is 0 Å². The minimum Gasteiger partial charge on any atom is -0.483 e. The quantitative estimate of drug-likeness (QED) is 0.733. The Balaban J connectivity index is 1.53. The van der Waals surface area contributed by atoms with Gasteiger partial charge in [-0.25, -0.2) is 0 Å². The summed E-state index contributed by atoms with van der Waals surface area (Å²) in [5.41, 5.74) is 0.337. The number of hydrogen-bond donors (Lipinski definition) is 0. The van der Waals surface area contributed by atoms with E-state index >= 15 is 0 Å². The molecule has 2 aromatic rings. The average molecular weight is 391 g/mol. The van der Waals surface area contributed by atoms with Crippen LogP contribution in [-0.2, 0) is 4.79 Å². The number of nitrogens with zero attached hydrogens (tertiary/aromatic N) is 2. The minimum absolute atomic E-state index is 0.185. The Morgan fingerprint density at radius 1 is 1.11 bits per heavy atom. The SMILES string of the molecule is CC(=O)c1cc(Cl)ccc1OCC(=O)N1CCN(C(=O)c2ccco2)CC1. The van der Waals surface area contributed by atoms with E-state index in [4.69, 9.17) is 20.8 Å². The van der Waals surface area contributed by atoms with E-state index in [-0.39, 0.29) is 30.0 Å². The maximum atomic E-state index is 12.4. The molecule has 0 unspecified atom stereocenters. The fourth-order valence-electron chi connectivity index (χ4n) is 2.85. The molecular formula is C19H19ClN2O5. The normalized spacial score (nSPS) is 14.1. The Kier molecular flexibility index (Phi) is 5.81. The van der Waals surface area contributed by atoms with Crippen molar-refractivity contribution in [1.82, 2.24) is 9.80 Å². The van der Waals surface area contributed by atoms with E-state index in [1.54, 1.807) is 34.1 Å². The zero-order valence-electron chi connectivity index (χ0n) is 14.8. The van der Waals surface area contributed by atoms with Crippen LogP contribution in [0.4, 0.5) is 0 Å². The number of carbonyl (C=O) groups is 3. The molecule has 0 spiro atoms. The third-order valence-corrected chi connectivity index (χ3v) is 4.56. The molecule has 0 bridgehead atoms. The zero-order chi connectivity index (χ0) is 19.4. The van der Waals surface area contributed by atoms with E-state index in [2.05, 4.69) is 0 Å². The van der Waals surface area contributed by atoms with Crippen LogP contribution in [0.5, 0.6) is 5.75 Å². The number of ketones is 1. The van der Waals surface area contributed by atoms with Gasteiger partial charge in [0.05, 0.1) is 11.8 Å². The lowest BCUT2D eigenvalue weighted by atomic mass is 10.1. The van der Waals surface area contributed by atoms with Gasteiger partial charge in [0.25, 0.3) is 11.8 Å². The van der Waals surface area contributed by atoms with Gasteiger partial charge in [-0.15, -0.1) is 0 Å². The second-order valence-corrected chi connectivity index (χ2v) is 6.57. The molecule has 3 rings (SSSR count). The van der Waals surface area contributed by atoms with Gasteiger partial charge >= 0.3 is 0 Å². The Bertz CT molecular complexity index is 842. The van der Waals surface area contributed by atoms with Crippen LogP contribution in [0.2, 0.25) is 5.02 Å². The summed E-state index contributed by atoms with van der Waals surface area (Å²) in [4.78, 5) is 39.6. The van der Waals surface area contributed by atoms with Crippen molar-refractivity contribution in [1.29, 1.82) is 0 Å². The fourth-order valence-corrected chi connectivity index (χ4v) is 3.02. The number of halogens is 1. The summed E-state index contributed by atoms with van der Waals surface area (Å²) in [7, 11) is 0. The number of carbonyl (C=O) groups excluding carboxylic acids is 3. The van der Waals surface area contributed by atoms with Crippen molar-refractivity contribution >= 4 is 29.2 Å². The highest BCUT2D eigenvalue weighted by atomic mass is 35.5. The van der Waals surface area contributed by atoms with Gasteiger partial charge in [0.15, 0.2) is 18.2 Å². The molecule has 1 aliphatic heterocycles. The largest absolute Gasteiger partial charge is 0.483 e. The number of benzene rings is 1. The Morgan fingerprint density at radius 3 is 2.44 bits per heavy atom. The second-order valence-electron chi connectivity index (χ2n) is 6.14. The van der Waals surface area contributed by atoms with Gasteiger partial charge in [0, 0.05) is 31.2 Å². The second kappa shape index (κ2) is 8.26. The first-order chi connectivity index (χ1) is 13.0. The molecule has 1 saturated heterocycles. The van der Waals surface area contributed by atoms with Gasteiger partial charge in [-0.2, -0.15) is 0 Å². The van der Waals surface area contributed by atoms with E-state index in [0.717, 1.165) is 0 Å². The van der Waals surface area contributed by atoms with Gasteiger partial charge in [-0.1, -0.05) is 11.6 Å². The summed E-state index contributed by atoms with van der Waals surface area (Å²) >= 11 is 5.90. The molecule has 0 atom stereocenters. The average Bonchev–Trinajstić information content (AvgIpc) is 3.21. The van der Waals surface area contributed by atoms with Crippen molar-refractivity contribution in [2.75, 3.05) is 32.8 Å². The van der Waals surface area contributed by atoms with E-state index in [1.165, 1.54) is 19.3 Å². The van der Waals surface area contributed by atoms with Gasteiger partial charge in [0.2, 0.25) is 0 Å². The summed E-state index contributed by atoms with van der Waals surface area (Å²) in [6.45, 7) is 2.89. The molecule has 27 heavy (non-hydrogen) atoms. The standard InChI is InChI=1S/C19H19ClN2O5/c1-13(23)15-11-14(20)4-5-16(15)27-12-18(24)21-6-8-22(9-7-21)19(25)17-3-2-10-26-17/h2-5,10-11H,6-9,12H2,1H3. The maximum absolute atomic E-state index is 12.4. The molecule has 1 fully saturated rings. The molecule has 0 aliphatic carbocycles. The zero-order valence-corrected chi connectivity index (χ0v) is 15.6. The van der Waals surface area contributed by atoms with Crippen molar-refractivity contribution in [3.63, 3.8) is 0 Å². The summed E-state index contributed by atoms with van der Waals surface area (Å²) in [5.74, 6) is 0.0367. The van der Waals surface area contributed by atoms with E-state index in [9.17, 15) is 14.4 Å². The molecular weight excluding hydrogens is 372 g/mol. The highest BCUT2D eigenvalue weighted by Gasteiger charge is 2.26. The summed E-state index contributed by atoms with van der Waals surface area (Å²) in [6.07, 6.45) is 1.45. The summed E-state index contributed by atoms with van der Waals surface area (Å²) in [6, 6.07) is 7.98. The number of rotatable bonds is 5. The van der Waals surface area contributed by atoms with Gasteiger partial charge in [-0.05, 0) is 37.3 Å². The number of amides is 2. The third-order valence-electron chi connectivity index (χ3n) is 4.32. The molecule has 0 saturated carbocycles. The molecule has 0 radical (unpaired) electrons. The molecule has 8 heteroatoms. The highest BCUT2D eigenvalue weighted by Crippen LogP contribution is 2.23. The van der Waals surface area contributed by atoms with Gasteiger partial charge in [0.1, 0.15) is 5.75 Å². The van der Waals surface area contributed by atoms with Crippen molar-refractivity contribution in [3.05, 3.63) is 52.9 Å². The van der Waals surface area contributed by atoms with Gasteiger partial charge < -0.3 is 19.0 Å². The number of Topliss-reactive ketones (excluding diaryl/α,β-unsaturated/α-hetero) is 1. The monoisotopic (exact) mass is 390 g/mol. The Hall–Kier alpha value is -2.80. The number of furan rings is 1. The predicted octanol–water partition coefficient (Wildman–Crippen LogP) is 2.50. The van der Waals surface area contributed by atoms with Crippen LogP contribution in [0, 0.1) is 0 Å². The van der Waals surface area contributed by atoms with Crippen molar-refractivity contribution in [2.45, 2.75) is 6.92 Å². The molecule has 142 valence electrons. The summed E-state index contributed by atoms with van der Waals surface area (Å²) < 4.78 is 10.7. The highest BCUT2D eigenvalue weighted by molar-refractivity contribution is 6.31. The maximum Gasteiger partial charge on any atom is 0.289 e. The Labute approximate surface area is 161 Å². The molecule has 2 heterocycles. The molecule has 1 aliphatic rings. The first kappa shape index (κ1) is 19.0. The number of piperazine rings is 1. The van der Waals surface area contributed by atoms with Crippen LogP contribution >= 0.6 is 11.6 Å². The van der Waals surface area contributed by atoms with Crippen LogP contribution in [0.15, 0.2) is 41.0 Å². The molecule has 1 aromatic carbocycles. The number of hydrogen-bond acceptors (Lipinski definition) is 5. The van der Waals surface area contributed by atoms with Crippen molar-refractivity contribution in [3.8, 4) is 5.75 Å². The van der Waals surface area contributed by atoms with Crippen LogP contribution in [0.25, 0.3) is 0 Å². The van der Waals surface area contributed by atoms with Crippen molar-refractivity contribution < 1.29 is 23.5 Å². The Morgan fingerprint density at radius 2 is 1.81 bits per heavy atom. The van der Waals surface area contributed by atoms with Crippen molar-refractivity contribution in [2.24, 2.45) is 0 Å². The van der Waals surface area contributed by atoms with Gasteiger partial charge in [-0.3, -0.25) is 14.4 Å². The first-order valence-corrected chi connectivity index (χ1v) is 8.87.